The quantitative estimate of drug-likeness (QED) is 0.915. The standard InChI is InChI=1S/C15H19N5O/c1-2-3-5-20-15(13-7-11(8-16)9-17-13)18-14(19-20)12-4-6-21-10-12/h7,9,12,17H,2-6,10H2,1H3/t12-/m0/s1. The average Bonchev–Trinajstić information content (AvgIpc) is 3.22. The second-order valence-corrected chi connectivity index (χ2v) is 5.34. The van der Waals surface area contributed by atoms with Crippen LogP contribution in [-0.4, -0.2) is 33.0 Å². The third kappa shape index (κ3) is 2.83. The number of H-pyrrole nitrogens is 1. The zero-order valence-corrected chi connectivity index (χ0v) is 12.2. The minimum absolute atomic E-state index is 0.289. The van der Waals surface area contributed by atoms with Crippen molar-refractivity contribution in [2.24, 2.45) is 0 Å². The van der Waals surface area contributed by atoms with E-state index in [0.717, 1.165) is 49.8 Å². The van der Waals surface area contributed by atoms with Gasteiger partial charge in [-0.3, -0.25) is 0 Å². The summed E-state index contributed by atoms with van der Waals surface area (Å²) in [5, 5.41) is 13.6. The van der Waals surface area contributed by atoms with Gasteiger partial charge in [0.05, 0.1) is 17.9 Å². The third-order valence-electron chi connectivity index (χ3n) is 3.76. The third-order valence-corrected chi connectivity index (χ3v) is 3.76. The lowest BCUT2D eigenvalue weighted by molar-refractivity contribution is 0.193. The molecule has 1 atom stereocenters. The lowest BCUT2D eigenvalue weighted by Gasteiger charge is -2.03. The zero-order valence-electron chi connectivity index (χ0n) is 12.2. The van der Waals surface area contributed by atoms with Gasteiger partial charge in [0.25, 0.3) is 0 Å². The van der Waals surface area contributed by atoms with Gasteiger partial charge in [-0.15, -0.1) is 0 Å². The number of nitrogens with one attached hydrogen (secondary N) is 1. The number of aryl methyl sites for hydroxylation is 1. The summed E-state index contributed by atoms with van der Waals surface area (Å²) < 4.78 is 7.38. The van der Waals surface area contributed by atoms with Crippen molar-refractivity contribution in [1.29, 1.82) is 5.26 Å². The van der Waals surface area contributed by atoms with Gasteiger partial charge in [0.15, 0.2) is 11.6 Å². The van der Waals surface area contributed by atoms with Gasteiger partial charge in [0, 0.05) is 25.3 Å². The van der Waals surface area contributed by atoms with Gasteiger partial charge < -0.3 is 9.72 Å². The second kappa shape index (κ2) is 6.10. The molecule has 0 aliphatic carbocycles. The van der Waals surface area contributed by atoms with E-state index in [0.29, 0.717) is 12.2 Å². The molecule has 6 nitrogen and oxygen atoms in total. The highest BCUT2D eigenvalue weighted by Crippen LogP contribution is 2.26. The molecule has 0 saturated carbocycles. The Kier molecular flexibility index (Phi) is 4.02. The van der Waals surface area contributed by atoms with Crippen LogP contribution in [0.2, 0.25) is 0 Å². The first-order valence-corrected chi connectivity index (χ1v) is 7.43. The second-order valence-electron chi connectivity index (χ2n) is 5.34. The van der Waals surface area contributed by atoms with E-state index in [1.807, 2.05) is 10.7 Å². The number of nitrogens with zero attached hydrogens (tertiary/aromatic N) is 4. The van der Waals surface area contributed by atoms with E-state index < -0.39 is 0 Å². The van der Waals surface area contributed by atoms with Crippen LogP contribution >= 0.6 is 0 Å². The summed E-state index contributed by atoms with van der Waals surface area (Å²) in [6.07, 6.45) is 4.84. The van der Waals surface area contributed by atoms with E-state index in [9.17, 15) is 0 Å². The SMILES string of the molecule is CCCCn1nc([C@H]2CCOC2)nc1-c1cc(C#N)c[nH]1. The summed E-state index contributed by atoms with van der Waals surface area (Å²) in [7, 11) is 0. The van der Waals surface area contributed by atoms with Crippen LogP contribution in [0, 0.1) is 11.3 Å². The van der Waals surface area contributed by atoms with Crippen molar-refractivity contribution >= 4 is 0 Å². The first kappa shape index (κ1) is 13.8. The van der Waals surface area contributed by atoms with Crippen molar-refractivity contribution in [3.63, 3.8) is 0 Å². The zero-order chi connectivity index (χ0) is 14.7. The summed E-state index contributed by atoms with van der Waals surface area (Å²) in [6.45, 7) is 4.48. The summed E-state index contributed by atoms with van der Waals surface area (Å²) >= 11 is 0. The minimum atomic E-state index is 0.289. The van der Waals surface area contributed by atoms with Crippen LogP contribution in [0.15, 0.2) is 12.3 Å². The molecule has 3 rings (SSSR count). The summed E-state index contributed by atoms with van der Waals surface area (Å²) in [5.41, 5.74) is 1.46. The molecule has 1 saturated heterocycles. The Morgan fingerprint density at radius 1 is 1.57 bits per heavy atom. The number of nitriles is 1. The van der Waals surface area contributed by atoms with Gasteiger partial charge in [-0.1, -0.05) is 13.3 Å². The first-order valence-electron chi connectivity index (χ1n) is 7.43. The predicted octanol–water partition coefficient (Wildman–Crippen LogP) is 2.45. The van der Waals surface area contributed by atoms with E-state index in [1.54, 1.807) is 6.20 Å². The van der Waals surface area contributed by atoms with Crippen LogP contribution in [0.5, 0.6) is 0 Å². The van der Waals surface area contributed by atoms with E-state index in [2.05, 4.69) is 23.1 Å². The molecule has 110 valence electrons. The Morgan fingerprint density at radius 2 is 2.48 bits per heavy atom. The van der Waals surface area contributed by atoms with Gasteiger partial charge in [0.1, 0.15) is 6.07 Å². The molecular weight excluding hydrogens is 266 g/mol. The molecule has 2 aromatic rings. The number of hydrogen-bond acceptors (Lipinski definition) is 4. The molecule has 1 aliphatic rings. The Hall–Kier alpha value is -2.13. The maximum atomic E-state index is 8.96. The lowest BCUT2D eigenvalue weighted by Crippen LogP contribution is -2.04. The normalized spacial score (nSPS) is 18.0. The first-order chi connectivity index (χ1) is 10.3. The number of aromatic nitrogens is 4. The fourth-order valence-corrected chi connectivity index (χ4v) is 2.52. The number of ether oxygens (including phenoxy) is 1. The Labute approximate surface area is 123 Å². The van der Waals surface area contributed by atoms with E-state index in [4.69, 9.17) is 15.0 Å². The van der Waals surface area contributed by atoms with Gasteiger partial charge >= 0.3 is 0 Å². The van der Waals surface area contributed by atoms with Crippen molar-refractivity contribution in [2.75, 3.05) is 13.2 Å². The van der Waals surface area contributed by atoms with Gasteiger partial charge in [-0.2, -0.15) is 10.4 Å². The fourth-order valence-electron chi connectivity index (χ4n) is 2.52. The fraction of sp³-hybridized carbons (Fsp3) is 0.533. The monoisotopic (exact) mass is 285 g/mol. The van der Waals surface area contributed by atoms with Crippen LogP contribution in [0.4, 0.5) is 0 Å². The van der Waals surface area contributed by atoms with E-state index >= 15 is 0 Å². The van der Waals surface area contributed by atoms with Gasteiger partial charge in [-0.25, -0.2) is 9.67 Å². The van der Waals surface area contributed by atoms with Crippen LogP contribution in [-0.2, 0) is 11.3 Å². The molecule has 0 bridgehead atoms. The van der Waals surface area contributed by atoms with Gasteiger partial charge in [-0.05, 0) is 18.9 Å². The number of aromatic amines is 1. The topological polar surface area (TPSA) is 79.5 Å². The Bertz CT molecular complexity index is 645. The molecule has 6 heteroatoms. The minimum Gasteiger partial charge on any atom is -0.381 e. The van der Waals surface area contributed by atoms with Crippen molar-refractivity contribution in [1.82, 2.24) is 19.7 Å². The average molecular weight is 285 g/mol. The van der Waals surface area contributed by atoms with Crippen molar-refractivity contribution in [2.45, 2.75) is 38.6 Å². The number of rotatable bonds is 5. The molecule has 1 fully saturated rings. The molecule has 0 aromatic carbocycles. The van der Waals surface area contributed by atoms with Gasteiger partial charge in [0.2, 0.25) is 0 Å². The highest BCUT2D eigenvalue weighted by Gasteiger charge is 2.24. The highest BCUT2D eigenvalue weighted by molar-refractivity contribution is 5.53. The van der Waals surface area contributed by atoms with Crippen LogP contribution in [0.1, 0.15) is 43.5 Å². The molecule has 0 unspecified atom stereocenters. The smallest absolute Gasteiger partial charge is 0.174 e. The van der Waals surface area contributed by atoms with E-state index in [-0.39, 0.29) is 5.92 Å². The summed E-state index contributed by atoms with van der Waals surface area (Å²) in [4.78, 5) is 7.81. The predicted molar refractivity (Wildman–Crippen MR) is 77.6 cm³/mol. The maximum absolute atomic E-state index is 8.96. The molecule has 0 spiro atoms. The lowest BCUT2D eigenvalue weighted by atomic mass is 10.1. The molecule has 2 aromatic heterocycles. The molecule has 3 heterocycles. The van der Waals surface area contributed by atoms with Crippen LogP contribution < -0.4 is 0 Å². The van der Waals surface area contributed by atoms with Crippen molar-refractivity contribution < 1.29 is 4.74 Å². The maximum Gasteiger partial charge on any atom is 0.174 e. The molecule has 21 heavy (non-hydrogen) atoms. The van der Waals surface area contributed by atoms with Crippen LogP contribution in [0.25, 0.3) is 11.5 Å². The molecule has 1 N–H and O–H groups in total. The van der Waals surface area contributed by atoms with Crippen molar-refractivity contribution in [3.8, 4) is 17.6 Å². The molecule has 0 amide bonds. The Balaban J connectivity index is 1.94. The molecular formula is C15H19N5O. The van der Waals surface area contributed by atoms with E-state index in [1.165, 1.54) is 0 Å². The molecule has 1 aliphatic heterocycles. The van der Waals surface area contributed by atoms with Crippen molar-refractivity contribution in [3.05, 3.63) is 23.7 Å². The number of hydrogen-bond donors (Lipinski definition) is 1. The Morgan fingerprint density at radius 3 is 3.14 bits per heavy atom. The summed E-state index contributed by atoms with van der Waals surface area (Å²) in [5.74, 6) is 1.95. The highest BCUT2D eigenvalue weighted by atomic mass is 16.5. The molecule has 0 radical (unpaired) electrons. The summed E-state index contributed by atoms with van der Waals surface area (Å²) in [6, 6.07) is 3.95. The number of unbranched alkanes of at least 4 members (excludes halogenated alkanes) is 1. The largest absolute Gasteiger partial charge is 0.381 e. The van der Waals surface area contributed by atoms with Crippen LogP contribution in [0.3, 0.4) is 0 Å².